The van der Waals surface area contributed by atoms with Gasteiger partial charge in [-0.25, -0.2) is 8.78 Å². The quantitative estimate of drug-likeness (QED) is 0.375. The molecule has 1 amide bonds. The van der Waals surface area contributed by atoms with Gasteiger partial charge in [-0.1, -0.05) is 25.6 Å². The molecule has 2 aromatic heterocycles. The van der Waals surface area contributed by atoms with Gasteiger partial charge in [0.15, 0.2) is 10.7 Å². The molecule has 3 rings (SSSR count). The van der Waals surface area contributed by atoms with Gasteiger partial charge < -0.3 is 15.4 Å². The van der Waals surface area contributed by atoms with Crippen LogP contribution in [0.3, 0.4) is 0 Å². The van der Waals surface area contributed by atoms with Gasteiger partial charge in [0.25, 0.3) is 11.5 Å². The minimum absolute atomic E-state index is 0.0636. The Labute approximate surface area is 160 Å². The number of rotatable bonds is 5. The molecule has 0 radical (unpaired) electrons. The van der Waals surface area contributed by atoms with Crippen molar-refractivity contribution in [2.24, 2.45) is 0 Å². The van der Waals surface area contributed by atoms with Gasteiger partial charge in [-0.05, 0) is 12.1 Å². The van der Waals surface area contributed by atoms with Gasteiger partial charge in [-0.3, -0.25) is 9.59 Å². The van der Waals surface area contributed by atoms with Crippen molar-refractivity contribution in [3.05, 3.63) is 45.9 Å². The zero-order valence-electron chi connectivity index (χ0n) is 14.6. The lowest BCUT2D eigenvalue weighted by Crippen LogP contribution is -2.25. The van der Waals surface area contributed by atoms with E-state index in [9.17, 15) is 23.5 Å². The monoisotopic (exact) mass is 408 g/mol. The number of hydrogen-bond acceptors (Lipinski definition) is 7. The minimum Gasteiger partial charge on any atom is -0.493 e. The number of hydrogen-bond donors (Lipinski definition) is 4. The van der Waals surface area contributed by atoms with E-state index in [4.69, 9.17) is 0 Å². The van der Waals surface area contributed by atoms with E-state index in [-0.39, 0.29) is 21.7 Å². The van der Waals surface area contributed by atoms with E-state index in [1.54, 1.807) is 0 Å². The molecule has 146 valence electrons. The Hall–Kier alpha value is -3.28. The van der Waals surface area contributed by atoms with E-state index in [1.807, 2.05) is 19.2 Å². The van der Waals surface area contributed by atoms with Crippen LogP contribution in [-0.4, -0.2) is 41.6 Å². The fourth-order valence-electron chi connectivity index (χ4n) is 2.28. The molecule has 0 aliphatic rings. The van der Waals surface area contributed by atoms with Gasteiger partial charge in [-0.2, -0.15) is 20.4 Å². The highest BCUT2D eigenvalue weighted by atomic mass is 32.2. The highest BCUT2D eigenvalue weighted by molar-refractivity contribution is 7.99. The first kappa shape index (κ1) is 19.5. The molecule has 3 aromatic rings. The second-order valence-electron chi connectivity index (χ2n) is 5.86. The fraction of sp³-hybridized carbons (Fsp3) is 0.188. The Kier molecular flexibility index (Phi) is 5.40. The SMILES string of the molecule is CC(C)Sc1nc(O)c(C(=O)Nc2c(F)cc(-c3cn[nH]n3)cc2F)c(=O)[nH]1. The summed E-state index contributed by atoms with van der Waals surface area (Å²) in [4.78, 5) is 30.5. The molecule has 0 saturated carbocycles. The lowest BCUT2D eigenvalue weighted by atomic mass is 10.1. The molecule has 12 heteroatoms. The molecular formula is C16H14F2N6O3S. The van der Waals surface area contributed by atoms with E-state index in [0.29, 0.717) is 0 Å². The molecule has 0 unspecified atom stereocenters. The van der Waals surface area contributed by atoms with Gasteiger partial charge >= 0.3 is 0 Å². The summed E-state index contributed by atoms with van der Waals surface area (Å²) in [5.41, 5.74) is -2.18. The molecule has 0 fully saturated rings. The number of halogens is 2. The summed E-state index contributed by atoms with van der Waals surface area (Å²) >= 11 is 1.16. The molecule has 1 aromatic carbocycles. The minimum atomic E-state index is -1.21. The van der Waals surface area contributed by atoms with Crippen molar-refractivity contribution in [3.63, 3.8) is 0 Å². The topological polar surface area (TPSA) is 137 Å². The first-order valence-electron chi connectivity index (χ1n) is 7.92. The molecule has 9 nitrogen and oxygen atoms in total. The Morgan fingerprint density at radius 1 is 1.29 bits per heavy atom. The number of aromatic hydroxyl groups is 1. The van der Waals surface area contributed by atoms with Crippen molar-refractivity contribution in [3.8, 4) is 17.1 Å². The number of thioether (sulfide) groups is 1. The summed E-state index contributed by atoms with van der Waals surface area (Å²) in [7, 11) is 0. The maximum atomic E-state index is 14.3. The van der Waals surface area contributed by atoms with Gasteiger partial charge in [0.2, 0.25) is 5.88 Å². The predicted molar refractivity (Wildman–Crippen MR) is 97.2 cm³/mol. The third-order valence-corrected chi connectivity index (χ3v) is 4.33. The number of anilines is 1. The summed E-state index contributed by atoms with van der Waals surface area (Å²) in [6, 6.07) is 1.89. The van der Waals surface area contributed by atoms with Crippen LogP contribution in [0, 0.1) is 11.6 Å². The van der Waals surface area contributed by atoms with Crippen LogP contribution < -0.4 is 10.9 Å². The Bertz CT molecular complexity index is 1060. The lowest BCUT2D eigenvalue weighted by Gasteiger charge is -2.10. The summed E-state index contributed by atoms with van der Waals surface area (Å²) < 4.78 is 28.6. The van der Waals surface area contributed by atoms with Crippen molar-refractivity contribution < 1.29 is 18.7 Å². The average molecular weight is 408 g/mol. The van der Waals surface area contributed by atoms with Crippen molar-refractivity contribution >= 4 is 23.4 Å². The molecule has 0 saturated heterocycles. The average Bonchev–Trinajstić information content (AvgIpc) is 3.11. The van der Waals surface area contributed by atoms with Crippen LogP contribution in [-0.2, 0) is 0 Å². The van der Waals surface area contributed by atoms with E-state index >= 15 is 0 Å². The lowest BCUT2D eigenvalue weighted by molar-refractivity contribution is 0.102. The summed E-state index contributed by atoms with van der Waals surface area (Å²) in [6.07, 6.45) is 1.27. The molecule has 0 bridgehead atoms. The predicted octanol–water partition coefficient (Wildman–Crippen LogP) is 2.29. The van der Waals surface area contributed by atoms with Crippen molar-refractivity contribution in [1.82, 2.24) is 25.4 Å². The highest BCUT2D eigenvalue weighted by Gasteiger charge is 2.23. The largest absolute Gasteiger partial charge is 0.493 e. The number of nitrogens with one attached hydrogen (secondary N) is 3. The van der Waals surface area contributed by atoms with Crippen LogP contribution in [0.5, 0.6) is 5.88 Å². The second kappa shape index (κ2) is 7.76. The second-order valence-corrected chi connectivity index (χ2v) is 7.43. The normalized spacial score (nSPS) is 11.0. The summed E-state index contributed by atoms with van der Waals surface area (Å²) in [5.74, 6) is -4.24. The van der Waals surface area contributed by atoms with E-state index in [2.05, 4.69) is 25.4 Å². The molecule has 28 heavy (non-hydrogen) atoms. The molecular weight excluding hydrogens is 394 g/mol. The Morgan fingerprint density at radius 3 is 2.50 bits per heavy atom. The standard InChI is InChI=1S/C16H14F2N6O3S/c1-6(2)28-16-21-14(26)11(15(27)22-16)13(25)20-12-8(17)3-7(4-9(12)18)10-5-19-24-23-10/h3-6H,1-2H3,(H,20,25)(H,19,23,24)(H2,21,22,26,27). The molecule has 0 spiro atoms. The molecule has 4 N–H and O–H groups in total. The number of nitrogens with zero attached hydrogens (tertiary/aromatic N) is 3. The van der Waals surface area contributed by atoms with Crippen LogP contribution in [0.25, 0.3) is 11.3 Å². The summed E-state index contributed by atoms with van der Waals surface area (Å²) in [5, 5.41) is 21.6. The van der Waals surface area contributed by atoms with Crippen LogP contribution in [0.2, 0.25) is 0 Å². The van der Waals surface area contributed by atoms with Gasteiger partial charge in [0.1, 0.15) is 23.0 Å². The van der Waals surface area contributed by atoms with E-state index < -0.39 is 40.2 Å². The molecule has 2 heterocycles. The number of aromatic nitrogens is 5. The van der Waals surface area contributed by atoms with Crippen molar-refractivity contribution in [1.29, 1.82) is 0 Å². The molecule has 0 aliphatic heterocycles. The maximum Gasteiger partial charge on any atom is 0.268 e. The van der Waals surface area contributed by atoms with Crippen molar-refractivity contribution in [2.45, 2.75) is 24.3 Å². The molecule has 0 atom stereocenters. The molecule has 0 aliphatic carbocycles. The number of amides is 1. The van der Waals surface area contributed by atoms with Gasteiger partial charge in [0.05, 0.1) is 6.20 Å². The van der Waals surface area contributed by atoms with Crippen LogP contribution in [0.4, 0.5) is 14.5 Å². The van der Waals surface area contributed by atoms with Gasteiger partial charge in [0, 0.05) is 10.8 Å². The van der Waals surface area contributed by atoms with Gasteiger partial charge in [-0.15, -0.1) is 0 Å². The highest BCUT2D eigenvalue weighted by Crippen LogP contribution is 2.27. The zero-order valence-corrected chi connectivity index (χ0v) is 15.4. The van der Waals surface area contributed by atoms with Crippen LogP contribution >= 0.6 is 11.8 Å². The third-order valence-electron chi connectivity index (χ3n) is 3.44. The first-order valence-corrected chi connectivity index (χ1v) is 8.80. The number of carbonyl (C=O) groups excluding carboxylic acids is 1. The number of benzene rings is 1. The Balaban J connectivity index is 1.90. The maximum absolute atomic E-state index is 14.3. The zero-order chi connectivity index (χ0) is 20.4. The number of H-pyrrole nitrogens is 2. The Morgan fingerprint density at radius 2 is 1.96 bits per heavy atom. The van der Waals surface area contributed by atoms with Crippen LogP contribution in [0.15, 0.2) is 28.3 Å². The first-order chi connectivity index (χ1) is 13.3. The summed E-state index contributed by atoms with van der Waals surface area (Å²) in [6.45, 7) is 3.69. The smallest absolute Gasteiger partial charge is 0.268 e. The number of carbonyl (C=O) groups is 1. The van der Waals surface area contributed by atoms with E-state index in [1.165, 1.54) is 6.20 Å². The van der Waals surface area contributed by atoms with Crippen LogP contribution in [0.1, 0.15) is 24.2 Å². The third kappa shape index (κ3) is 4.01. The van der Waals surface area contributed by atoms with E-state index in [0.717, 1.165) is 23.9 Å². The fourth-order valence-corrected chi connectivity index (χ4v) is 3.02. The van der Waals surface area contributed by atoms with Crippen molar-refractivity contribution in [2.75, 3.05) is 5.32 Å². The number of aromatic amines is 2.